The fourth-order valence-electron chi connectivity index (χ4n) is 15.7. The van der Waals surface area contributed by atoms with Gasteiger partial charge in [0.05, 0.1) is 114 Å². The van der Waals surface area contributed by atoms with Gasteiger partial charge in [-0.3, -0.25) is 54.0 Å². The summed E-state index contributed by atoms with van der Waals surface area (Å²) in [5, 5.41) is 43.4. The summed E-state index contributed by atoms with van der Waals surface area (Å²) in [6.07, 6.45) is 5.63. The molecule has 0 amide bonds. The third kappa shape index (κ3) is 27.2. The SMILES string of the molecule is CCOC(=O)C1=C(CN2CCOCC2CC(=O)O)NC(c2nccs2)=NC1c1ccc(Cl)cc1Cl.CCOC(=O)C1=C(CN2CCOCC2COC=O)NC(c2nccs2)=NC1c1ccc(F)cc1Br.CCOC(=O)C1=C(CN2CCOCC2COC=O)NC(c2nccs2)=NC1c1ccc(F)cc1Cl.COC(=O)C1=C(CN2CCOC(C(=O)O)C2)NC(c2nccs2)=NC1c1ccc(Cl)cc1Cl. The molecule has 4 aromatic heterocycles. The van der Waals surface area contributed by atoms with Crippen molar-refractivity contribution in [2.45, 2.75) is 75.6 Å². The van der Waals surface area contributed by atoms with E-state index in [0.717, 1.165) is 0 Å². The number of hydrogen-bond donors (Lipinski definition) is 6. The number of esters is 4. The topological polar surface area (TPSA) is 431 Å². The molecule has 0 aliphatic carbocycles. The second kappa shape index (κ2) is 51.1. The van der Waals surface area contributed by atoms with Crippen LogP contribution < -0.4 is 21.3 Å². The molecule has 0 radical (unpaired) electrons. The number of thiazole rings is 4. The lowest BCUT2D eigenvalue weighted by atomic mass is 9.95. The molecule has 6 N–H and O–H groups in total. The van der Waals surface area contributed by atoms with Gasteiger partial charge in [-0.05, 0) is 74.9 Å². The number of nitrogens with zero attached hydrogens (tertiary/aromatic N) is 12. The maximum atomic E-state index is 13.9. The summed E-state index contributed by atoms with van der Waals surface area (Å²) in [7, 11) is 1.29. The van der Waals surface area contributed by atoms with E-state index in [-0.39, 0.29) is 107 Å². The van der Waals surface area contributed by atoms with Crippen LogP contribution in [-0.2, 0) is 85.7 Å². The van der Waals surface area contributed by atoms with Crippen LogP contribution in [0.25, 0.3) is 0 Å². The van der Waals surface area contributed by atoms with E-state index in [2.05, 4.69) is 66.9 Å². The molecule has 4 fully saturated rings. The van der Waals surface area contributed by atoms with Gasteiger partial charge >= 0.3 is 35.8 Å². The number of halogens is 8. The van der Waals surface area contributed by atoms with E-state index in [1.807, 2.05) is 31.3 Å². The molecule has 4 saturated heterocycles. The Labute approximate surface area is 839 Å². The lowest BCUT2D eigenvalue weighted by molar-refractivity contribution is -0.156. The monoisotopic (exact) mass is 2140 g/mol. The molecule has 8 unspecified atom stereocenters. The Hall–Kier alpha value is -10.5. The number of methoxy groups -OCH3 is 1. The van der Waals surface area contributed by atoms with E-state index >= 15 is 0 Å². The number of carboxylic acid groups (broad SMARTS) is 2. The Bertz CT molecular complexity index is 5780. The molecule has 8 atom stereocenters. The molecular formula is C90H92BrCl5F2N16O20S4. The summed E-state index contributed by atoms with van der Waals surface area (Å²) in [4.78, 5) is 142. The minimum Gasteiger partial charge on any atom is -0.481 e. The van der Waals surface area contributed by atoms with Crippen LogP contribution in [-0.4, -0.2) is 291 Å². The van der Waals surface area contributed by atoms with Gasteiger partial charge in [-0.2, -0.15) is 0 Å². The fraction of sp³-hybridized carbons (Fsp3) is 0.378. The molecule has 138 heavy (non-hydrogen) atoms. The lowest BCUT2D eigenvalue weighted by Crippen LogP contribution is -2.50. The molecule has 8 aliphatic rings. The lowest BCUT2D eigenvalue weighted by Gasteiger charge is -2.37. The minimum absolute atomic E-state index is 0.0815. The Morgan fingerprint density at radius 3 is 1.18 bits per heavy atom. The van der Waals surface area contributed by atoms with E-state index in [1.165, 1.54) is 82.8 Å². The first kappa shape index (κ1) is 105. The molecule has 48 heteroatoms. The van der Waals surface area contributed by atoms with Gasteiger partial charge in [-0.25, -0.2) is 52.7 Å². The van der Waals surface area contributed by atoms with Crippen molar-refractivity contribution in [3.8, 4) is 0 Å². The number of aromatic nitrogens is 4. The van der Waals surface area contributed by atoms with Gasteiger partial charge in [0.2, 0.25) is 0 Å². The number of morpholine rings is 4. The zero-order valence-corrected chi connectivity index (χ0v) is 82.8. The molecule has 16 rings (SSSR count). The van der Waals surface area contributed by atoms with Gasteiger partial charge in [-0.1, -0.05) is 98.2 Å². The highest BCUT2D eigenvalue weighted by Crippen LogP contribution is 2.44. The number of amidine groups is 4. The zero-order valence-electron chi connectivity index (χ0n) is 74.1. The molecule has 8 aromatic rings. The highest BCUT2D eigenvalue weighted by Gasteiger charge is 2.43. The number of hydrogen-bond acceptors (Lipinski definition) is 38. The van der Waals surface area contributed by atoms with Gasteiger partial charge in [0.25, 0.3) is 12.9 Å². The van der Waals surface area contributed by atoms with Crippen molar-refractivity contribution < 1.29 is 105 Å². The number of aliphatic carboxylic acids is 2. The first-order chi connectivity index (χ1) is 66.8. The van der Waals surface area contributed by atoms with Crippen molar-refractivity contribution in [1.29, 1.82) is 0 Å². The Morgan fingerprint density at radius 2 is 0.833 bits per heavy atom. The third-order valence-corrected chi connectivity index (χ3v) is 27.3. The summed E-state index contributed by atoms with van der Waals surface area (Å²) in [5.74, 6) is -3.11. The van der Waals surface area contributed by atoms with Crippen LogP contribution in [0.2, 0.25) is 25.1 Å². The van der Waals surface area contributed by atoms with Crippen LogP contribution >= 0.6 is 119 Å². The molecule has 12 heterocycles. The van der Waals surface area contributed by atoms with Gasteiger partial charge in [-0.15, -0.1) is 45.3 Å². The Balaban J connectivity index is 0.000000155. The number of carbonyl (C=O) groups is 8. The average molecular weight is 2140 g/mol. The van der Waals surface area contributed by atoms with E-state index in [9.17, 15) is 57.4 Å². The second-order valence-corrected chi connectivity index (χ2v) is 37.3. The van der Waals surface area contributed by atoms with Crippen molar-refractivity contribution in [3.63, 3.8) is 0 Å². The van der Waals surface area contributed by atoms with Crippen LogP contribution in [0.5, 0.6) is 0 Å². The van der Waals surface area contributed by atoms with Crippen LogP contribution in [0.4, 0.5) is 8.78 Å². The summed E-state index contributed by atoms with van der Waals surface area (Å²) in [5.41, 5.74) is 5.64. The van der Waals surface area contributed by atoms with E-state index in [1.54, 1.807) is 88.0 Å². The molecule has 732 valence electrons. The third-order valence-electron chi connectivity index (χ3n) is 22.0. The van der Waals surface area contributed by atoms with Crippen molar-refractivity contribution in [2.75, 3.05) is 145 Å². The first-order valence-electron chi connectivity index (χ1n) is 42.9. The average Bonchev–Trinajstić information content (AvgIpc) is 1.52. The van der Waals surface area contributed by atoms with Gasteiger partial charge in [0.1, 0.15) is 49.0 Å². The van der Waals surface area contributed by atoms with Crippen molar-refractivity contribution >= 4 is 191 Å². The van der Waals surface area contributed by atoms with E-state index < -0.39 is 77.7 Å². The summed E-state index contributed by atoms with van der Waals surface area (Å²) < 4.78 is 81.4. The highest BCUT2D eigenvalue weighted by atomic mass is 79.9. The summed E-state index contributed by atoms with van der Waals surface area (Å²) in [6.45, 7) is 13.0. The van der Waals surface area contributed by atoms with Crippen molar-refractivity contribution in [2.24, 2.45) is 20.0 Å². The number of carbonyl (C=O) groups excluding carboxylic acids is 6. The molecule has 4 aromatic carbocycles. The maximum Gasteiger partial charge on any atom is 0.338 e. The Morgan fingerprint density at radius 1 is 0.478 bits per heavy atom. The van der Waals surface area contributed by atoms with Crippen molar-refractivity contribution in [3.05, 3.63) is 248 Å². The van der Waals surface area contributed by atoms with Gasteiger partial charge < -0.3 is 78.8 Å². The number of rotatable bonds is 32. The van der Waals surface area contributed by atoms with Crippen LogP contribution in [0.3, 0.4) is 0 Å². The molecule has 0 saturated carbocycles. The molecule has 8 aliphatic heterocycles. The normalized spacial score (nSPS) is 20.9. The maximum absolute atomic E-state index is 13.9. The molecule has 0 bridgehead atoms. The standard InChI is InChI=1S/C23H24BrFN4O5S.C23H24Cl2N4O5S.C23H24ClFN4O5S.C21H20Cl2N4O5S/c1-2-34-23(31)19-18(10-29-6-7-32-11-15(29)12-33-13-30)27-21(22-26-5-8-35-22)28-20(19)16-4-3-14(25)9-17(16)24;1-2-34-23(32)19-17(11-29-6-7-33-12-14(29)10-18(30)31)27-21(22-26-5-8-35-22)28-20(19)15-4-3-13(24)9-16(15)25;1-2-34-23(31)19-18(10-29-6-7-32-11-15(29)12-33-13-30)27-21(22-26-5-8-35-22)28-20(19)16-4-3-14(25)9-17(16)24;1-31-21(30)16-14(9-27-5-6-32-15(10-27)20(28)29)25-18(19-24-4-7-33-19)26-17(16)12-3-2-11(22)8-13(12)23/h3-5,8-9,13,15,20H,2,6-7,10-12H2,1H3,(H,27,28);3-5,8-9,14,20H,2,6-7,10-12H2,1H3,(H,27,28)(H,30,31);3-5,8-9,13,15,20H,2,6-7,10-12H2,1H3,(H,27,28);2-4,7-8,15,17H,5-6,9-10H2,1H3,(H,25,26)(H,28,29). The second-order valence-electron chi connectivity index (χ2n) is 30.7. The Kier molecular flexibility index (Phi) is 38.8. The minimum atomic E-state index is -1.03. The smallest absolute Gasteiger partial charge is 0.338 e. The number of carboxylic acids is 2. The van der Waals surface area contributed by atoms with Crippen LogP contribution in [0.15, 0.2) is 189 Å². The first-order valence-corrected chi connectivity index (χ1v) is 49.1. The molecule has 0 spiro atoms. The predicted molar refractivity (Wildman–Crippen MR) is 515 cm³/mol. The van der Waals surface area contributed by atoms with Gasteiger partial charge in [0.15, 0.2) is 49.5 Å². The summed E-state index contributed by atoms with van der Waals surface area (Å²) in [6, 6.07) is 14.4. The molecule has 36 nitrogen and oxygen atoms in total. The van der Waals surface area contributed by atoms with Crippen LogP contribution in [0, 0.1) is 11.6 Å². The zero-order chi connectivity index (χ0) is 98.1. The number of ether oxygens (including phenoxy) is 10. The summed E-state index contributed by atoms with van der Waals surface area (Å²) >= 11 is 40.7. The number of nitrogens with one attached hydrogen (secondary N) is 4. The number of aliphatic imine (C=N–C) groups is 4. The fourth-order valence-corrected chi connectivity index (χ4v) is 19.9. The van der Waals surface area contributed by atoms with Gasteiger partial charge in [0, 0.05) is 180 Å². The number of benzene rings is 4. The molecular weight excluding hydrogens is 2050 g/mol. The predicted octanol–water partition coefficient (Wildman–Crippen LogP) is 11.8. The quantitative estimate of drug-likeness (QED) is 0.0130. The largest absolute Gasteiger partial charge is 0.481 e. The van der Waals surface area contributed by atoms with Crippen molar-refractivity contribution in [1.82, 2.24) is 60.8 Å². The van der Waals surface area contributed by atoms with E-state index in [4.69, 9.17) is 125 Å². The van der Waals surface area contributed by atoms with E-state index in [0.29, 0.717) is 209 Å². The van der Waals surface area contributed by atoms with Crippen LogP contribution in [0.1, 0.15) is 93.6 Å². The highest BCUT2D eigenvalue weighted by molar-refractivity contribution is 9.10.